The molecule has 0 saturated carbocycles. The summed E-state index contributed by atoms with van der Waals surface area (Å²) in [6.07, 6.45) is 3.38. The molecular weight excluding hydrogens is 346 g/mol. The van der Waals surface area contributed by atoms with E-state index in [-0.39, 0.29) is 5.91 Å². The van der Waals surface area contributed by atoms with Crippen LogP contribution < -0.4 is 9.47 Å². The Morgan fingerprint density at radius 2 is 1.96 bits per heavy atom. The first-order valence-corrected chi connectivity index (χ1v) is 8.92. The van der Waals surface area contributed by atoms with Crippen LogP contribution in [0.1, 0.15) is 17.0 Å². The molecule has 1 aromatic heterocycles. The highest BCUT2D eigenvalue weighted by molar-refractivity contribution is 5.92. The third-order valence-corrected chi connectivity index (χ3v) is 4.59. The van der Waals surface area contributed by atoms with E-state index in [0.29, 0.717) is 24.6 Å². The van der Waals surface area contributed by atoms with Gasteiger partial charge in [-0.2, -0.15) is 0 Å². The van der Waals surface area contributed by atoms with Crippen molar-refractivity contribution < 1.29 is 18.8 Å². The lowest BCUT2D eigenvalue weighted by Crippen LogP contribution is -2.47. The smallest absolute Gasteiger partial charge is 0.246 e. The van der Waals surface area contributed by atoms with Crippen molar-refractivity contribution in [1.29, 1.82) is 0 Å². The van der Waals surface area contributed by atoms with E-state index in [1.165, 1.54) is 0 Å². The average molecular weight is 371 g/mol. The molecule has 0 N–H and O–H groups in total. The molecule has 7 nitrogen and oxygen atoms in total. The Morgan fingerprint density at radius 1 is 1.19 bits per heavy atom. The Bertz CT molecular complexity index is 807. The van der Waals surface area contributed by atoms with E-state index in [0.717, 1.165) is 36.7 Å². The zero-order chi connectivity index (χ0) is 19.2. The molecule has 0 radical (unpaired) electrons. The summed E-state index contributed by atoms with van der Waals surface area (Å²) in [5, 5.41) is 3.91. The number of hydrogen-bond donors (Lipinski definition) is 0. The van der Waals surface area contributed by atoms with Crippen LogP contribution in [0.25, 0.3) is 6.08 Å². The van der Waals surface area contributed by atoms with Gasteiger partial charge in [-0.05, 0) is 25.1 Å². The van der Waals surface area contributed by atoms with Gasteiger partial charge in [0.15, 0.2) is 5.76 Å². The van der Waals surface area contributed by atoms with E-state index in [1.807, 2.05) is 30.0 Å². The summed E-state index contributed by atoms with van der Waals surface area (Å²) < 4.78 is 15.8. The molecule has 27 heavy (non-hydrogen) atoms. The van der Waals surface area contributed by atoms with Gasteiger partial charge in [0, 0.05) is 50.0 Å². The monoisotopic (exact) mass is 371 g/mol. The Labute approximate surface area is 159 Å². The van der Waals surface area contributed by atoms with Crippen LogP contribution >= 0.6 is 0 Å². The maximum atomic E-state index is 12.5. The number of aromatic nitrogens is 1. The van der Waals surface area contributed by atoms with Gasteiger partial charge in [-0.15, -0.1) is 0 Å². The number of amides is 1. The van der Waals surface area contributed by atoms with Gasteiger partial charge in [0.05, 0.1) is 26.5 Å². The van der Waals surface area contributed by atoms with Gasteiger partial charge >= 0.3 is 0 Å². The minimum absolute atomic E-state index is 0.00281. The number of benzene rings is 1. The van der Waals surface area contributed by atoms with Gasteiger partial charge in [0.1, 0.15) is 11.5 Å². The van der Waals surface area contributed by atoms with Crippen LogP contribution in [0, 0.1) is 6.92 Å². The summed E-state index contributed by atoms with van der Waals surface area (Å²) in [5.74, 6) is 2.25. The van der Waals surface area contributed by atoms with E-state index >= 15 is 0 Å². The summed E-state index contributed by atoms with van der Waals surface area (Å²) in [6, 6.07) is 7.46. The fourth-order valence-electron chi connectivity index (χ4n) is 3.06. The molecule has 1 aliphatic heterocycles. The highest BCUT2D eigenvalue weighted by Gasteiger charge is 2.20. The van der Waals surface area contributed by atoms with Gasteiger partial charge in [-0.3, -0.25) is 9.69 Å². The van der Waals surface area contributed by atoms with E-state index in [4.69, 9.17) is 14.0 Å². The maximum absolute atomic E-state index is 12.5. The SMILES string of the molecule is COc1ccc(/C=C/C(=O)N2CCN(Cc3cc(C)no3)CC2)c(OC)c1. The first-order chi connectivity index (χ1) is 13.1. The Morgan fingerprint density at radius 3 is 2.59 bits per heavy atom. The first-order valence-electron chi connectivity index (χ1n) is 8.92. The molecular formula is C20H25N3O4. The normalized spacial score (nSPS) is 15.3. The highest BCUT2D eigenvalue weighted by Crippen LogP contribution is 2.25. The van der Waals surface area contributed by atoms with Gasteiger partial charge in [-0.1, -0.05) is 5.16 Å². The Hall–Kier alpha value is -2.80. The lowest BCUT2D eigenvalue weighted by atomic mass is 10.1. The standard InChI is InChI=1S/C20H25N3O4/c1-15-12-18(27-21-15)14-22-8-10-23(11-9-22)20(24)7-5-16-4-6-17(25-2)13-19(16)26-3/h4-7,12-13H,8-11,14H2,1-3H3/b7-5+. The number of carbonyl (C=O) groups excluding carboxylic acids is 1. The third-order valence-electron chi connectivity index (χ3n) is 4.59. The van der Waals surface area contributed by atoms with E-state index in [2.05, 4.69) is 10.1 Å². The van der Waals surface area contributed by atoms with Crippen LogP contribution in [0.5, 0.6) is 11.5 Å². The molecule has 2 heterocycles. The molecule has 144 valence electrons. The predicted octanol–water partition coefficient (Wildman–Crippen LogP) is 2.36. The molecule has 1 amide bonds. The lowest BCUT2D eigenvalue weighted by Gasteiger charge is -2.33. The molecule has 7 heteroatoms. The molecule has 0 bridgehead atoms. The Balaban J connectivity index is 1.54. The van der Waals surface area contributed by atoms with Gasteiger partial charge in [-0.25, -0.2) is 0 Å². The summed E-state index contributed by atoms with van der Waals surface area (Å²) in [4.78, 5) is 16.6. The minimum atomic E-state index is 0.00281. The molecule has 0 spiro atoms. The van der Waals surface area contributed by atoms with Crippen molar-refractivity contribution in [1.82, 2.24) is 15.0 Å². The highest BCUT2D eigenvalue weighted by atomic mass is 16.5. The summed E-state index contributed by atoms with van der Waals surface area (Å²) >= 11 is 0. The molecule has 0 unspecified atom stereocenters. The van der Waals surface area contributed by atoms with Crippen molar-refractivity contribution in [3.63, 3.8) is 0 Å². The predicted molar refractivity (Wildman–Crippen MR) is 102 cm³/mol. The number of methoxy groups -OCH3 is 2. The summed E-state index contributed by atoms with van der Waals surface area (Å²) in [5.41, 5.74) is 1.73. The number of rotatable bonds is 6. The quantitative estimate of drug-likeness (QED) is 0.726. The van der Waals surface area contributed by atoms with Crippen LogP contribution in [0.15, 0.2) is 34.9 Å². The fourth-order valence-corrected chi connectivity index (χ4v) is 3.06. The molecule has 0 aliphatic carbocycles. The van der Waals surface area contributed by atoms with Crippen molar-refractivity contribution >= 4 is 12.0 Å². The van der Waals surface area contributed by atoms with Gasteiger partial charge < -0.3 is 18.9 Å². The van der Waals surface area contributed by atoms with E-state index < -0.39 is 0 Å². The zero-order valence-electron chi connectivity index (χ0n) is 16.0. The van der Waals surface area contributed by atoms with Crippen LogP contribution in [0.2, 0.25) is 0 Å². The second kappa shape index (κ2) is 8.73. The van der Waals surface area contributed by atoms with Gasteiger partial charge in [0.25, 0.3) is 0 Å². The number of nitrogens with zero attached hydrogens (tertiary/aromatic N) is 3. The van der Waals surface area contributed by atoms with Crippen molar-refractivity contribution in [3.05, 3.63) is 47.4 Å². The summed E-state index contributed by atoms with van der Waals surface area (Å²) in [6.45, 7) is 5.64. The minimum Gasteiger partial charge on any atom is -0.497 e. The second-order valence-corrected chi connectivity index (χ2v) is 6.48. The third kappa shape index (κ3) is 4.89. The van der Waals surface area contributed by atoms with E-state index in [9.17, 15) is 4.79 Å². The van der Waals surface area contributed by atoms with E-state index in [1.54, 1.807) is 32.4 Å². The molecule has 3 rings (SSSR count). The average Bonchev–Trinajstić information content (AvgIpc) is 3.11. The van der Waals surface area contributed by atoms with Crippen molar-refractivity contribution in [3.8, 4) is 11.5 Å². The van der Waals surface area contributed by atoms with Crippen molar-refractivity contribution in [2.45, 2.75) is 13.5 Å². The number of carbonyl (C=O) groups is 1. The summed E-state index contributed by atoms with van der Waals surface area (Å²) in [7, 11) is 3.21. The molecule has 1 saturated heterocycles. The maximum Gasteiger partial charge on any atom is 0.246 e. The molecule has 0 atom stereocenters. The second-order valence-electron chi connectivity index (χ2n) is 6.48. The van der Waals surface area contributed by atoms with Crippen LogP contribution in [-0.4, -0.2) is 61.3 Å². The van der Waals surface area contributed by atoms with Crippen LogP contribution in [-0.2, 0) is 11.3 Å². The Kier molecular flexibility index (Phi) is 6.13. The van der Waals surface area contributed by atoms with Gasteiger partial charge in [0.2, 0.25) is 5.91 Å². The lowest BCUT2D eigenvalue weighted by molar-refractivity contribution is -0.127. The van der Waals surface area contributed by atoms with Crippen LogP contribution in [0.3, 0.4) is 0 Å². The van der Waals surface area contributed by atoms with Crippen LogP contribution in [0.4, 0.5) is 0 Å². The number of hydrogen-bond acceptors (Lipinski definition) is 6. The first kappa shape index (κ1) is 19.0. The fraction of sp³-hybridized carbons (Fsp3) is 0.400. The number of piperazine rings is 1. The number of ether oxygens (including phenoxy) is 2. The molecule has 2 aromatic rings. The molecule has 1 aromatic carbocycles. The van der Waals surface area contributed by atoms with Crippen molar-refractivity contribution in [2.24, 2.45) is 0 Å². The zero-order valence-corrected chi connectivity index (χ0v) is 16.0. The van der Waals surface area contributed by atoms with Crippen molar-refractivity contribution in [2.75, 3.05) is 40.4 Å². The molecule has 1 fully saturated rings. The number of aryl methyl sites for hydroxylation is 1. The largest absolute Gasteiger partial charge is 0.497 e. The topological polar surface area (TPSA) is 68.0 Å². The molecule has 1 aliphatic rings.